The third-order valence-corrected chi connectivity index (χ3v) is 9.73. The molecular formula is C47H29N3O. The number of fused-ring (bicyclic) bond motifs is 5. The standard InChI is InChI=1S/C47H29N3O/c1-2-15-31(16-3-1)45-48-46(39-23-11-9-21-36(39)43-29-33-18-6-13-25-42(33)51-43)50-47(49-45)40-24-12-10-22-37(40)44-35-20-8-5-17-32(35)28-41-34-19-7-4-14-30(34)26-27-38(41)44/h1-29H. The van der Waals surface area contributed by atoms with Crippen LogP contribution in [0.1, 0.15) is 0 Å². The summed E-state index contributed by atoms with van der Waals surface area (Å²) in [5.74, 6) is 2.57. The van der Waals surface area contributed by atoms with Crippen LogP contribution in [0.15, 0.2) is 180 Å². The van der Waals surface area contributed by atoms with Crippen LogP contribution in [0.2, 0.25) is 0 Å². The average Bonchev–Trinajstić information content (AvgIpc) is 3.65. The van der Waals surface area contributed by atoms with Crippen molar-refractivity contribution in [2.75, 3.05) is 0 Å². The fourth-order valence-electron chi connectivity index (χ4n) is 7.35. The van der Waals surface area contributed by atoms with Crippen molar-refractivity contribution in [3.8, 4) is 56.6 Å². The Morgan fingerprint density at radius 1 is 0.333 bits per heavy atom. The molecule has 51 heavy (non-hydrogen) atoms. The second kappa shape index (κ2) is 11.9. The van der Waals surface area contributed by atoms with Gasteiger partial charge in [-0.25, -0.2) is 15.0 Å². The van der Waals surface area contributed by atoms with E-state index in [-0.39, 0.29) is 0 Å². The van der Waals surface area contributed by atoms with Crippen LogP contribution in [0.5, 0.6) is 0 Å². The molecule has 0 saturated carbocycles. The third-order valence-electron chi connectivity index (χ3n) is 9.73. The van der Waals surface area contributed by atoms with Crippen LogP contribution in [-0.4, -0.2) is 15.0 Å². The zero-order valence-corrected chi connectivity index (χ0v) is 27.5. The second-order valence-corrected chi connectivity index (χ2v) is 12.8. The summed E-state index contributed by atoms with van der Waals surface area (Å²) in [5, 5.41) is 8.28. The fraction of sp³-hybridized carbons (Fsp3) is 0. The van der Waals surface area contributed by atoms with Crippen molar-refractivity contribution in [2.45, 2.75) is 0 Å². The van der Waals surface area contributed by atoms with Gasteiger partial charge in [-0.15, -0.1) is 0 Å². The lowest BCUT2D eigenvalue weighted by atomic mass is 9.88. The summed E-state index contributed by atoms with van der Waals surface area (Å²) >= 11 is 0. The van der Waals surface area contributed by atoms with E-state index in [9.17, 15) is 0 Å². The Morgan fingerprint density at radius 2 is 0.902 bits per heavy atom. The van der Waals surface area contributed by atoms with Crippen molar-refractivity contribution in [1.82, 2.24) is 15.0 Å². The molecule has 0 radical (unpaired) electrons. The second-order valence-electron chi connectivity index (χ2n) is 12.8. The van der Waals surface area contributed by atoms with Gasteiger partial charge in [0.1, 0.15) is 11.3 Å². The lowest BCUT2D eigenvalue weighted by Crippen LogP contribution is -2.02. The highest BCUT2D eigenvalue weighted by molar-refractivity contribution is 6.21. The van der Waals surface area contributed by atoms with Crippen LogP contribution in [0.25, 0.3) is 99.9 Å². The molecule has 0 spiro atoms. The molecule has 2 aromatic heterocycles. The van der Waals surface area contributed by atoms with Gasteiger partial charge in [-0.2, -0.15) is 0 Å². The van der Waals surface area contributed by atoms with Crippen molar-refractivity contribution in [3.63, 3.8) is 0 Å². The predicted molar refractivity (Wildman–Crippen MR) is 209 cm³/mol. The van der Waals surface area contributed by atoms with Gasteiger partial charge >= 0.3 is 0 Å². The summed E-state index contributed by atoms with van der Waals surface area (Å²) in [6.45, 7) is 0. The largest absolute Gasteiger partial charge is 0.456 e. The van der Waals surface area contributed by atoms with E-state index in [2.05, 4.69) is 115 Å². The molecule has 2 heterocycles. The summed E-state index contributed by atoms with van der Waals surface area (Å²) in [6.07, 6.45) is 0. The van der Waals surface area contributed by atoms with Gasteiger partial charge in [-0.1, -0.05) is 158 Å². The molecule has 0 aliphatic heterocycles. The van der Waals surface area contributed by atoms with Crippen molar-refractivity contribution < 1.29 is 4.42 Å². The van der Waals surface area contributed by atoms with Gasteiger partial charge in [0.05, 0.1) is 0 Å². The summed E-state index contributed by atoms with van der Waals surface area (Å²) in [4.78, 5) is 15.6. The van der Waals surface area contributed by atoms with E-state index >= 15 is 0 Å². The van der Waals surface area contributed by atoms with Crippen LogP contribution < -0.4 is 0 Å². The molecule has 0 bridgehead atoms. The Hall–Kier alpha value is -6.91. The highest BCUT2D eigenvalue weighted by atomic mass is 16.3. The van der Waals surface area contributed by atoms with Crippen LogP contribution in [0.4, 0.5) is 0 Å². The van der Waals surface area contributed by atoms with Gasteiger partial charge in [-0.05, 0) is 61.6 Å². The number of para-hydroxylation sites is 1. The number of furan rings is 1. The topological polar surface area (TPSA) is 51.8 Å². The Kier molecular flexibility index (Phi) is 6.78. The first-order chi connectivity index (χ1) is 25.3. The molecule has 0 saturated heterocycles. The fourth-order valence-corrected chi connectivity index (χ4v) is 7.35. The first-order valence-corrected chi connectivity index (χ1v) is 17.1. The SMILES string of the molecule is c1ccc(-c2nc(-c3ccccc3-c3cc4ccccc4o3)nc(-c3ccccc3-c3c4ccccc4cc4c3ccc3ccccc34)n2)cc1. The van der Waals surface area contributed by atoms with E-state index in [0.29, 0.717) is 17.5 Å². The zero-order valence-electron chi connectivity index (χ0n) is 27.5. The number of rotatable bonds is 5. The van der Waals surface area contributed by atoms with E-state index < -0.39 is 0 Å². The molecule has 4 heteroatoms. The Bertz CT molecular complexity index is 2890. The molecule has 4 nitrogen and oxygen atoms in total. The van der Waals surface area contributed by atoms with Gasteiger partial charge in [0.25, 0.3) is 0 Å². The highest BCUT2D eigenvalue weighted by Crippen LogP contribution is 2.43. The minimum absolute atomic E-state index is 0.582. The van der Waals surface area contributed by atoms with Crippen LogP contribution in [0, 0.1) is 0 Å². The molecule has 0 atom stereocenters. The predicted octanol–water partition coefficient (Wildman–Crippen LogP) is 12.4. The van der Waals surface area contributed by atoms with Crippen LogP contribution >= 0.6 is 0 Å². The van der Waals surface area contributed by atoms with Crippen molar-refractivity contribution in [3.05, 3.63) is 176 Å². The molecule has 0 unspecified atom stereocenters. The highest BCUT2D eigenvalue weighted by Gasteiger charge is 2.21. The maximum absolute atomic E-state index is 6.36. The Labute approximate surface area is 294 Å². The lowest BCUT2D eigenvalue weighted by molar-refractivity contribution is 0.631. The summed E-state index contributed by atoms with van der Waals surface area (Å²) in [6, 6.07) is 61.0. The molecule has 0 aliphatic rings. The zero-order chi connectivity index (χ0) is 33.7. The molecule has 10 rings (SSSR count). The van der Waals surface area contributed by atoms with Gasteiger partial charge in [-0.3, -0.25) is 0 Å². The number of nitrogens with zero attached hydrogens (tertiary/aromatic N) is 3. The molecule has 238 valence electrons. The smallest absolute Gasteiger partial charge is 0.164 e. The molecule has 10 aromatic rings. The molecule has 0 aliphatic carbocycles. The van der Waals surface area contributed by atoms with Gasteiger partial charge in [0, 0.05) is 27.6 Å². The first kappa shape index (κ1) is 29.0. The molecule has 0 amide bonds. The van der Waals surface area contributed by atoms with E-state index in [0.717, 1.165) is 50.1 Å². The van der Waals surface area contributed by atoms with Gasteiger partial charge in [0.2, 0.25) is 0 Å². The number of hydrogen-bond donors (Lipinski definition) is 0. The number of aromatic nitrogens is 3. The number of hydrogen-bond acceptors (Lipinski definition) is 4. The molecule has 0 N–H and O–H groups in total. The maximum atomic E-state index is 6.36. The van der Waals surface area contributed by atoms with Crippen molar-refractivity contribution in [1.29, 1.82) is 0 Å². The monoisotopic (exact) mass is 651 g/mol. The van der Waals surface area contributed by atoms with Crippen LogP contribution in [0.3, 0.4) is 0 Å². The third kappa shape index (κ3) is 4.96. The molecule has 8 aromatic carbocycles. The van der Waals surface area contributed by atoms with E-state index in [1.165, 1.54) is 32.3 Å². The van der Waals surface area contributed by atoms with Crippen molar-refractivity contribution >= 4 is 43.3 Å². The summed E-state index contributed by atoms with van der Waals surface area (Å²) < 4.78 is 6.36. The maximum Gasteiger partial charge on any atom is 0.164 e. The minimum atomic E-state index is 0.582. The first-order valence-electron chi connectivity index (χ1n) is 17.1. The summed E-state index contributed by atoms with van der Waals surface area (Å²) in [7, 11) is 0. The minimum Gasteiger partial charge on any atom is -0.456 e. The Morgan fingerprint density at radius 3 is 1.67 bits per heavy atom. The lowest BCUT2D eigenvalue weighted by Gasteiger charge is -2.17. The Balaban J connectivity index is 1.24. The van der Waals surface area contributed by atoms with Gasteiger partial charge < -0.3 is 4.42 Å². The van der Waals surface area contributed by atoms with Gasteiger partial charge in [0.15, 0.2) is 17.5 Å². The van der Waals surface area contributed by atoms with E-state index in [4.69, 9.17) is 19.4 Å². The molecular weight excluding hydrogens is 623 g/mol. The summed E-state index contributed by atoms with van der Waals surface area (Å²) in [5.41, 5.74) is 6.72. The van der Waals surface area contributed by atoms with Crippen LogP contribution in [-0.2, 0) is 0 Å². The number of benzene rings is 8. The van der Waals surface area contributed by atoms with E-state index in [1.807, 2.05) is 60.7 Å². The van der Waals surface area contributed by atoms with E-state index in [1.54, 1.807) is 0 Å². The quantitative estimate of drug-likeness (QED) is 0.137. The molecule has 0 fully saturated rings. The van der Waals surface area contributed by atoms with Crippen molar-refractivity contribution in [2.24, 2.45) is 0 Å². The normalized spacial score (nSPS) is 11.5. The average molecular weight is 652 g/mol.